The number of hydrogen-bond donors (Lipinski definition) is 2. The summed E-state index contributed by atoms with van der Waals surface area (Å²) in [5.41, 5.74) is 1.68. The second-order valence-corrected chi connectivity index (χ2v) is 8.00. The number of nitrogens with zero attached hydrogens (tertiary/aromatic N) is 2. The number of rotatable bonds is 9. The maximum absolute atomic E-state index is 12.0. The number of aromatic nitrogens is 2. The van der Waals surface area contributed by atoms with E-state index in [1.165, 1.54) is 11.3 Å². The van der Waals surface area contributed by atoms with E-state index in [4.69, 9.17) is 9.47 Å². The molecule has 10 heteroatoms. The molecule has 0 aliphatic carbocycles. The highest BCUT2D eigenvalue weighted by Crippen LogP contribution is 2.23. The third kappa shape index (κ3) is 7.47. The Hall–Kier alpha value is -3.79. The van der Waals surface area contributed by atoms with Gasteiger partial charge >= 0.3 is 5.97 Å². The number of aryl methyl sites for hydroxylation is 2. The minimum atomic E-state index is -0.648. The van der Waals surface area contributed by atoms with Crippen LogP contribution < -0.4 is 15.4 Å². The lowest BCUT2D eigenvalue weighted by Crippen LogP contribution is -2.21. The molecule has 0 atom stereocenters. The van der Waals surface area contributed by atoms with E-state index in [2.05, 4.69) is 20.8 Å². The molecule has 3 rings (SSSR count). The van der Waals surface area contributed by atoms with Gasteiger partial charge < -0.3 is 20.1 Å². The van der Waals surface area contributed by atoms with Crippen molar-refractivity contribution >= 4 is 39.9 Å². The smallest absolute Gasteiger partial charge is 0.306 e. The highest BCUT2D eigenvalue weighted by Gasteiger charge is 2.12. The van der Waals surface area contributed by atoms with E-state index in [1.807, 2.05) is 31.2 Å². The molecule has 0 unspecified atom stereocenters. The average molecular weight is 455 g/mol. The summed E-state index contributed by atoms with van der Waals surface area (Å²) in [4.78, 5) is 35.6. The third-order valence-corrected chi connectivity index (χ3v) is 4.84. The molecule has 0 saturated carbocycles. The van der Waals surface area contributed by atoms with Gasteiger partial charge in [-0.05, 0) is 50.2 Å². The van der Waals surface area contributed by atoms with Gasteiger partial charge in [0.15, 0.2) is 6.61 Å². The lowest BCUT2D eigenvalue weighted by atomic mass is 10.2. The molecular weight excluding hydrogens is 432 g/mol. The fourth-order valence-electron chi connectivity index (χ4n) is 2.51. The molecule has 9 nitrogen and oxygen atoms in total. The SMILES string of the molecule is Cc1ccc(Oc2ccc(NC(=O)COC(=O)CCC(=O)Nc3nnc(C)s3)cc2)cc1. The molecule has 2 N–H and O–H groups in total. The molecule has 166 valence electrons. The van der Waals surface area contributed by atoms with E-state index < -0.39 is 18.5 Å². The Labute approximate surface area is 188 Å². The van der Waals surface area contributed by atoms with Gasteiger partial charge in [-0.25, -0.2) is 0 Å². The largest absolute Gasteiger partial charge is 0.457 e. The van der Waals surface area contributed by atoms with Gasteiger partial charge in [0.05, 0.1) is 6.42 Å². The standard InChI is InChI=1S/C22H22N4O5S/c1-14-3-7-17(8-4-14)31-18-9-5-16(6-10-18)23-20(28)13-30-21(29)12-11-19(27)24-22-26-25-15(2)32-22/h3-10H,11-13H2,1-2H3,(H,23,28)(H,24,26,27). The molecule has 1 aromatic heterocycles. The Kier molecular flexibility index (Phi) is 7.87. The van der Waals surface area contributed by atoms with E-state index in [0.29, 0.717) is 22.3 Å². The van der Waals surface area contributed by atoms with Crippen molar-refractivity contribution in [3.8, 4) is 11.5 Å². The minimum absolute atomic E-state index is 0.0818. The summed E-state index contributed by atoms with van der Waals surface area (Å²) in [7, 11) is 0. The van der Waals surface area contributed by atoms with E-state index in [0.717, 1.165) is 10.6 Å². The van der Waals surface area contributed by atoms with Gasteiger partial charge in [-0.3, -0.25) is 14.4 Å². The van der Waals surface area contributed by atoms with Crippen LogP contribution in [0.1, 0.15) is 23.4 Å². The molecule has 2 amide bonds. The summed E-state index contributed by atoms with van der Waals surface area (Å²) < 4.78 is 10.6. The van der Waals surface area contributed by atoms with E-state index >= 15 is 0 Å². The van der Waals surface area contributed by atoms with Crippen molar-refractivity contribution in [1.29, 1.82) is 0 Å². The molecule has 0 bridgehead atoms. The van der Waals surface area contributed by atoms with Crippen LogP contribution in [0.25, 0.3) is 0 Å². The van der Waals surface area contributed by atoms with Crippen LogP contribution >= 0.6 is 11.3 Å². The Bertz CT molecular complexity index is 1080. The van der Waals surface area contributed by atoms with Gasteiger partial charge in [0, 0.05) is 12.1 Å². The molecular formula is C22H22N4O5S. The first-order valence-corrected chi connectivity index (χ1v) is 10.6. The molecule has 32 heavy (non-hydrogen) atoms. The predicted molar refractivity (Wildman–Crippen MR) is 120 cm³/mol. The van der Waals surface area contributed by atoms with Gasteiger partial charge in [0.2, 0.25) is 11.0 Å². The van der Waals surface area contributed by atoms with E-state index in [1.54, 1.807) is 31.2 Å². The van der Waals surface area contributed by atoms with Crippen LogP contribution in [0.4, 0.5) is 10.8 Å². The van der Waals surface area contributed by atoms with Gasteiger partial charge in [0.1, 0.15) is 16.5 Å². The monoisotopic (exact) mass is 454 g/mol. The fourth-order valence-corrected chi connectivity index (χ4v) is 3.12. The third-order valence-electron chi connectivity index (χ3n) is 4.09. The van der Waals surface area contributed by atoms with Gasteiger partial charge in [-0.2, -0.15) is 0 Å². The van der Waals surface area contributed by atoms with Crippen molar-refractivity contribution in [3.05, 3.63) is 59.1 Å². The van der Waals surface area contributed by atoms with Gasteiger partial charge in [-0.15, -0.1) is 10.2 Å². The first-order valence-electron chi connectivity index (χ1n) is 9.77. The van der Waals surface area contributed by atoms with Crippen LogP contribution in [0, 0.1) is 13.8 Å². The number of anilines is 2. The topological polar surface area (TPSA) is 120 Å². The summed E-state index contributed by atoms with van der Waals surface area (Å²) in [5.74, 6) is -0.174. The van der Waals surface area contributed by atoms with Gasteiger partial charge in [-0.1, -0.05) is 29.0 Å². The van der Waals surface area contributed by atoms with Crippen LogP contribution in [0.2, 0.25) is 0 Å². The quantitative estimate of drug-likeness (QED) is 0.471. The molecule has 0 saturated heterocycles. The minimum Gasteiger partial charge on any atom is -0.457 e. The predicted octanol–water partition coefficient (Wildman–Crippen LogP) is 3.85. The second-order valence-electron chi connectivity index (χ2n) is 6.82. The zero-order valence-corrected chi connectivity index (χ0v) is 18.4. The normalized spacial score (nSPS) is 10.3. The van der Waals surface area contributed by atoms with Crippen molar-refractivity contribution in [2.24, 2.45) is 0 Å². The molecule has 1 heterocycles. The summed E-state index contributed by atoms with van der Waals surface area (Å²) in [6.45, 7) is 3.32. The zero-order valence-electron chi connectivity index (χ0n) is 17.6. The Morgan fingerprint density at radius 1 is 0.844 bits per heavy atom. The molecule has 2 aromatic carbocycles. The van der Waals surface area contributed by atoms with Gasteiger partial charge in [0.25, 0.3) is 5.91 Å². The van der Waals surface area contributed by atoms with Crippen LogP contribution in [0.15, 0.2) is 48.5 Å². The first kappa shape index (κ1) is 22.9. The van der Waals surface area contributed by atoms with Crippen molar-refractivity contribution in [1.82, 2.24) is 10.2 Å². The fraction of sp³-hybridized carbons (Fsp3) is 0.227. The Morgan fingerprint density at radius 2 is 1.50 bits per heavy atom. The first-order chi connectivity index (χ1) is 15.4. The number of hydrogen-bond acceptors (Lipinski definition) is 8. The summed E-state index contributed by atoms with van der Waals surface area (Å²) >= 11 is 1.24. The number of ether oxygens (including phenoxy) is 2. The molecule has 0 aliphatic rings. The number of esters is 1. The molecule has 0 radical (unpaired) electrons. The maximum atomic E-state index is 12.0. The van der Waals surface area contributed by atoms with Crippen molar-refractivity contribution in [2.75, 3.05) is 17.2 Å². The van der Waals surface area contributed by atoms with Crippen LogP contribution in [-0.2, 0) is 19.1 Å². The molecule has 0 spiro atoms. The molecule has 0 aliphatic heterocycles. The average Bonchev–Trinajstić information content (AvgIpc) is 3.18. The lowest BCUT2D eigenvalue weighted by molar-refractivity contribution is -0.147. The highest BCUT2D eigenvalue weighted by molar-refractivity contribution is 7.15. The summed E-state index contributed by atoms with van der Waals surface area (Å²) in [5, 5.41) is 13.8. The number of benzene rings is 2. The Morgan fingerprint density at radius 3 is 2.12 bits per heavy atom. The number of amides is 2. The van der Waals surface area contributed by atoms with Crippen LogP contribution in [0.3, 0.4) is 0 Å². The number of nitrogens with one attached hydrogen (secondary N) is 2. The lowest BCUT2D eigenvalue weighted by Gasteiger charge is -2.09. The summed E-state index contributed by atoms with van der Waals surface area (Å²) in [6.07, 6.45) is -0.233. The highest BCUT2D eigenvalue weighted by atomic mass is 32.1. The number of carbonyl (C=O) groups excluding carboxylic acids is 3. The molecule has 0 fully saturated rings. The number of carbonyl (C=O) groups is 3. The molecule has 3 aromatic rings. The van der Waals surface area contributed by atoms with E-state index in [9.17, 15) is 14.4 Å². The zero-order chi connectivity index (χ0) is 22.9. The maximum Gasteiger partial charge on any atom is 0.306 e. The Balaban J connectivity index is 1.36. The van der Waals surface area contributed by atoms with Crippen LogP contribution in [-0.4, -0.2) is 34.6 Å². The second kappa shape index (κ2) is 11.0. The van der Waals surface area contributed by atoms with E-state index in [-0.39, 0.29) is 18.7 Å². The van der Waals surface area contributed by atoms with Crippen LogP contribution in [0.5, 0.6) is 11.5 Å². The van der Waals surface area contributed by atoms with Crippen molar-refractivity contribution in [2.45, 2.75) is 26.7 Å². The summed E-state index contributed by atoms with van der Waals surface area (Å²) in [6, 6.07) is 14.5. The van der Waals surface area contributed by atoms with Crippen molar-refractivity contribution < 1.29 is 23.9 Å². The van der Waals surface area contributed by atoms with Crippen molar-refractivity contribution in [3.63, 3.8) is 0 Å².